The molecule has 1 saturated carbocycles. The summed E-state index contributed by atoms with van der Waals surface area (Å²) in [7, 11) is 0. The maximum Gasteiger partial charge on any atom is 0.0741 e. The van der Waals surface area contributed by atoms with E-state index >= 15 is 0 Å². The molecule has 0 radical (unpaired) electrons. The molecule has 0 aliphatic heterocycles. The molecule has 2 aliphatic rings. The first-order chi connectivity index (χ1) is 9.76. The summed E-state index contributed by atoms with van der Waals surface area (Å²) in [6.07, 6.45) is 11.8. The van der Waals surface area contributed by atoms with Gasteiger partial charge in [0.05, 0.1) is 5.60 Å². The Bertz CT molecular complexity index is 466. The molecule has 2 unspecified atom stereocenters. The minimum atomic E-state index is -0.586. The first-order valence-electron chi connectivity index (χ1n) is 8.47. The number of allylic oxidation sites excluding steroid dienone is 4. The van der Waals surface area contributed by atoms with Crippen LogP contribution in [0.1, 0.15) is 72.6 Å². The van der Waals surface area contributed by atoms with E-state index < -0.39 is 5.60 Å². The zero-order valence-corrected chi connectivity index (χ0v) is 14.3. The minimum Gasteiger partial charge on any atom is -0.389 e. The molecule has 118 valence electrons. The van der Waals surface area contributed by atoms with E-state index in [1.165, 1.54) is 16.7 Å². The summed E-state index contributed by atoms with van der Waals surface area (Å²) in [6.45, 7) is 13.3. The average Bonchev–Trinajstić information content (AvgIpc) is 2.40. The second kappa shape index (κ2) is 6.12. The molecule has 1 heteroatoms. The molecule has 0 spiro atoms. The molecule has 1 N–H and O–H groups in total. The summed E-state index contributed by atoms with van der Waals surface area (Å²) in [5.74, 6) is 0.424. The molecule has 0 saturated heterocycles. The number of hydrogen-bond donors (Lipinski definition) is 1. The predicted octanol–water partition coefficient (Wildman–Crippen LogP) is 5.57. The Hall–Kier alpha value is -0.820. The van der Waals surface area contributed by atoms with Crippen LogP contribution >= 0.6 is 0 Å². The van der Waals surface area contributed by atoms with Gasteiger partial charge in [-0.2, -0.15) is 0 Å². The maximum atomic E-state index is 11.3. The standard InChI is InChI=1S/C20H32O/c1-15-7-6-8-16(2)11-13-20(21)14-12-17(3)18(10-9-15)19(20,4)5/h7,11,18,21H,3,6,8-10,12-14H2,1-2,4-5H3. The third kappa shape index (κ3) is 3.34. The zero-order chi connectivity index (χ0) is 15.7. The lowest BCUT2D eigenvalue weighted by molar-refractivity contribution is -0.109. The van der Waals surface area contributed by atoms with Crippen molar-refractivity contribution in [3.63, 3.8) is 0 Å². The van der Waals surface area contributed by atoms with Gasteiger partial charge in [0.1, 0.15) is 0 Å². The van der Waals surface area contributed by atoms with Gasteiger partial charge in [-0.25, -0.2) is 0 Å². The van der Waals surface area contributed by atoms with Gasteiger partial charge in [0.15, 0.2) is 0 Å². The van der Waals surface area contributed by atoms with Crippen molar-refractivity contribution in [2.24, 2.45) is 11.3 Å². The first kappa shape index (κ1) is 16.5. The van der Waals surface area contributed by atoms with Crippen molar-refractivity contribution in [2.45, 2.75) is 78.2 Å². The van der Waals surface area contributed by atoms with Crippen molar-refractivity contribution >= 4 is 0 Å². The van der Waals surface area contributed by atoms with E-state index in [9.17, 15) is 5.11 Å². The number of fused-ring (bicyclic) bond motifs is 2. The SMILES string of the molecule is C=C1CCC2(O)CC=C(C)CCC=C(C)CCC1C2(C)C. The number of rotatable bonds is 0. The fourth-order valence-electron chi connectivity index (χ4n) is 4.09. The molecule has 0 aromatic heterocycles. The Balaban J connectivity index is 2.36. The quantitative estimate of drug-likeness (QED) is 0.578. The molecule has 0 heterocycles. The summed E-state index contributed by atoms with van der Waals surface area (Å²) in [5, 5.41) is 11.3. The summed E-state index contributed by atoms with van der Waals surface area (Å²) in [4.78, 5) is 0. The van der Waals surface area contributed by atoms with Crippen LogP contribution in [0.5, 0.6) is 0 Å². The maximum absolute atomic E-state index is 11.3. The Labute approximate surface area is 130 Å². The van der Waals surface area contributed by atoms with E-state index in [4.69, 9.17) is 0 Å². The van der Waals surface area contributed by atoms with Gasteiger partial charge in [-0.05, 0) is 64.7 Å². The molecule has 1 nitrogen and oxygen atoms in total. The first-order valence-corrected chi connectivity index (χ1v) is 8.47. The minimum absolute atomic E-state index is 0.0986. The smallest absolute Gasteiger partial charge is 0.0741 e. The molecule has 2 bridgehead atoms. The van der Waals surface area contributed by atoms with Crippen LogP contribution in [-0.2, 0) is 0 Å². The molecule has 0 aromatic rings. The summed E-state index contributed by atoms with van der Waals surface area (Å²) < 4.78 is 0. The van der Waals surface area contributed by atoms with Gasteiger partial charge in [0.25, 0.3) is 0 Å². The second-order valence-corrected chi connectivity index (χ2v) is 7.85. The van der Waals surface area contributed by atoms with Crippen LogP contribution in [0.4, 0.5) is 0 Å². The summed E-state index contributed by atoms with van der Waals surface area (Å²) in [5.41, 5.74) is 3.55. The molecular formula is C20H32O. The molecule has 0 aromatic carbocycles. The van der Waals surface area contributed by atoms with Crippen LogP contribution in [-0.4, -0.2) is 10.7 Å². The fraction of sp³-hybridized carbons (Fsp3) is 0.700. The normalized spacial score (nSPS) is 34.3. The van der Waals surface area contributed by atoms with Crippen LogP contribution in [0, 0.1) is 11.3 Å². The zero-order valence-electron chi connectivity index (χ0n) is 14.3. The second-order valence-electron chi connectivity index (χ2n) is 7.85. The Morgan fingerprint density at radius 3 is 2.48 bits per heavy atom. The molecular weight excluding hydrogens is 256 g/mol. The van der Waals surface area contributed by atoms with Crippen molar-refractivity contribution in [1.29, 1.82) is 0 Å². The molecule has 21 heavy (non-hydrogen) atoms. The van der Waals surface area contributed by atoms with Gasteiger partial charge in [0.2, 0.25) is 0 Å². The molecule has 2 rings (SSSR count). The van der Waals surface area contributed by atoms with Crippen LogP contribution < -0.4 is 0 Å². The van der Waals surface area contributed by atoms with E-state index in [-0.39, 0.29) is 5.41 Å². The van der Waals surface area contributed by atoms with Crippen molar-refractivity contribution < 1.29 is 5.11 Å². The molecule has 2 atom stereocenters. The number of aliphatic hydroxyl groups is 1. The van der Waals surface area contributed by atoms with E-state index in [1.807, 2.05) is 0 Å². The van der Waals surface area contributed by atoms with E-state index in [0.717, 1.165) is 44.9 Å². The highest BCUT2D eigenvalue weighted by molar-refractivity contribution is 5.20. The van der Waals surface area contributed by atoms with E-state index in [2.05, 4.69) is 46.4 Å². The van der Waals surface area contributed by atoms with Gasteiger partial charge in [-0.15, -0.1) is 0 Å². The highest BCUT2D eigenvalue weighted by Crippen LogP contribution is 2.53. The molecule has 1 fully saturated rings. The summed E-state index contributed by atoms with van der Waals surface area (Å²) in [6, 6.07) is 0. The fourth-order valence-corrected chi connectivity index (χ4v) is 4.09. The van der Waals surface area contributed by atoms with E-state index in [0.29, 0.717) is 5.92 Å². The summed E-state index contributed by atoms with van der Waals surface area (Å²) >= 11 is 0. The van der Waals surface area contributed by atoms with Crippen LogP contribution in [0.2, 0.25) is 0 Å². The van der Waals surface area contributed by atoms with Gasteiger partial charge < -0.3 is 5.11 Å². The van der Waals surface area contributed by atoms with Crippen molar-refractivity contribution in [3.8, 4) is 0 Å². The molecule has 0 amide bonds. The van der Waals surface area contributed by atoms with Crippen LogP contribution in [0.15, 0.2) is 35.5 Å². The van der Waals surface area contributed by atoms with Crippen molar-refractivity contribution in [3.05, 3.63) is 35.5 Å². The average molecular weight is 288 g/mol. The van der Waals surface area contributed by atoms with Crippen LogP contribution in [0.3, 0.4) is 0 Å². The van der Waals surface area contributed by atoms with Crippen molar-refractivity contribution in [1.82, 2.24) is 0 Å². The Morgan fingerprint density at radius 2 is 1.76 bits per heavy atom. The predicted molar refractivity (Wildman–Crippen MR) is 91.2 cm³/mol. The lowest BCUT2D eigenvalue weighted by Crippen LogP contribution is -2.52. The third-order valence-electron chi connectivity index (χ3n) is 6.07. The number of hydrogen-bond acceptors (Lipinski definition) is 1. The highest BCUT2D eigenvalue weighted by Gasteiger charge is 2.50. The Kier molecular flexibility index (Phi) is 4.82. The van der Waals surface area contributed by atoms with E-state index in [1.54, 1.807) is 0 Å². The van der Waals surface area contributed by atoms with Crippen molar-refractivity contribution in [2.75, 3.05) is 0 Å². The van der Waals surface area contributed by atoms with Gasteiger partial charge in [0, 0.05) is 5.41 Å². The monoisotopic (exact) mass is 288 g/mol. The van der Waals surface area contributed by atoms with Gasteiger partial charge in [-0.1, -0.05) is 49.3 Å². The van der Waals surface area contributed by atoms with Crippen LogP contribution in [0.25, 0.3) is 0 Å². The third-order valence-corrected chi connectivity index (χ3v) is 6.07. The van der Waals surface area contributed by atoms with Gasteiger partial charge >= 0.3 is 0 Å². The molecule has 2 aliphatic carbocycles. The highest BCUT2D eigenvalue weighted by atomic mass is 16.3. The van der Waals surface area contributed by atoms with Gasteiger partial charge in [-0.3, -0.25) is 0 Å². The topological polar surface area (TPSA) is 20.2 Å². The lowest BCUT2D eigenvalue weighted by Gasteiger charge is -2.52. The largest absolute Gasteiger partial charge is 0.389 e. The lowest BCUT2D eigenvalue weighted by atomic mass is 9.56. The Morgan fingerprint density at radius 1 is 1.10 bits per heavy atom.